The molecule has 0 saturated carbocycles. The number of alkyl halides is 6. The number of hydrogen-bond donors (Lipinski definition) is 1. The Kier molecular flexibility index (Phi) is 3.15. The van der Waals surface area contributed by atoms with Crippen molar-refractivity contribution in [1.82, 2.24) is 0 Å². The first kappa shape index (κ1) is 13.1. The van der Waals surface area contributed by atoms with Crippen molar-refractivity contribution in [2.45, 2.75) is 12.4 Å². The second-order valence-corrected chi connectivity index (χ2v) is 3.74. The molecule has 0 radical (unpaired) electrons. The maximum absolute atomic E-state index is 12.4. The lowest BCUT2D eigenvalue weighted by Crippen LogP contribution is -2.19. The highest BCUT2D eigenvalue weighted by Gasteiger charge is 2.46. The highest BCUT2D eigenvalue weighted by atomic mass is 79.9. The minimum absolute atomic E-state index is 0.693. The van der Waals surface area contributed by atoms with Gasteiger partial charge in [0.05, 0.1) is 11.1 Å². The summed E-state index contributed by atoms with van der Waals surface area (Å²) in [6.07, 6.45) is -10.3. The maximum atomic E-state index is 12.4. The van der Waals surface area contributed by atoms with Crippen LogP contribution in [0.25, 0.3) is 0 Å². The summed E-state index contributed by atoms with van der Waals surface area (Å²) in [5.74, 6) is 0. The van der Waals surface area contributed by atoms with Crippen molar-refractivity contribution < 1.29 is 26.3 Å². The molecule has 0 aliphatic heterocycles. The number of nitrogens with two attached hydrogens (primary N) is 1. The number of hydrogen-bond acceptors (Lipinski definition) is 1. The van der Waals surface area contributed by atoms with Crippen LogP contribution in [0.1, 0.15) is 11.1 Å². The molecule has 1 nitrogen and oxygen atoms in total. The minimum atomic E-state index is -5.15. The molecule has 1 aromatic rings. The van der Waals surface area contributed by atoms with Crippen molar-refractivity contribution in [1.29, 1.82) is 0 Å². The summed E-state index contributed by atoms with van der Waals surface area (Å²) in [4.78, 5) is 0. The SMILES string of the molecule is Nc1ccc(Br)c(C(F)(F)F)c1C(F)(F)F. The zero-order valence-corrected chi connectivity index (χ0v) is 8.96. The van der Waals surface area contributed by atoms with E-state index < -0.39 is 33.6 Å². The third-order valence-electron chi connectivity index (χ3n) is 1.75. The molecule has 0 aliphatic carbocycles. The molecule has 0 fully saturated rings. The standard InChI is InChI=1S/C8H4BrF6N/c9-3-1-2-4(16)6(8(13,14)15)5(3)7(10,11)12/h1-2H,16H2. The van der Waals surface area contributed by atoms with Gasteiger partial charge < -0.3 is 5.73 Å². The highest BCUT2D eigenvalue weighted by molar-refractivity contribution is 9.10. The smallest absolute Gasteiger partial charge is 0.398 e. The molecule has 16 heavy (non-hydrogen) atoms. The summed E-state index contributed by atoms with van der Waals surface area (Å²) in [6, 6.07) is 1.59. The van der Waals surface area contributed by atoms with E-state index >= 15 is 0 Å². The topological polar surface area (TPSA) is 26.0 Å². The molecule has 8 heteroatoms. The zero-order chi connectivity index (χ0) is 12.7. The molecule has 0 saturated heterocycles. The first-order chi connectivity index (χ1) is 7.05. The van der Waals surface area contributed by atoms with Crippen LogP contribution in [0.3, 0.4) is 0 Å². The normalized spacial score (nSPS) is 12.9. The molecule has 1 aromatic carbocycles. The molecular weight excluding hydrogens is 304 g/mol. The predicted octanol–water partition coefficient (Wildman–Crippen LogP) is 4.07. The van der Waals surface area contributed by atoms with Gasteiger partial charge in [-0.2, -0.15) is 26.3 Å². The van der Waals surface area contributed by atoms with E-state index in [1.54, 1.807) is 0 Å². The lowest BCUT2D eigenvalue weighted by molar-refractivity contribution is -0.162. The van der Waals surface area contributed by atoms with Gasteiger partial charge in [0.15, 0.2) is 0 Å². The van der Waals surface area contributed by atoms with Gasteiger partial charge in [0.2, 0.25) is 0 Å². The third kappa shape index (κ3) is 2.42. The van der Waals surface area contributed by atoms with E-state index in [-0.39, 0.29) is 0 Å². The largest absolute Gasteiger partial charge is 0.419 e. The highest BCUT2D eigenvalue weighted by Crippen LogP contribution is 2.46. The Balaban J connectivity index is 3.64. The first-order valence-electron chi connectivity index (χ1n) is 3.77. The average molecular weight is 308 g/mol. The Labute approximate surface area is 94.4 Å². The van der Waals surface area contributed by atoms with Crippen molar-refractivity contribution in [3.8, 4) is 0 Å². The molecule has 0 heterocycles. The van der Waals surface area contributed by atoms with E-state index in [0.29, 0.717) is 0 Å². The van der Waals surface area contributed by atoms with Gasteiger partial charge >= 0.3 is 12.4 Å². The Hall–Kier alpha value is -0.920. The molecule has 0 bridgehead atoms. The average Bonchev–Trinajstić information content (AvgIpc) is 2.04. The molecule has 2 N–H and O–H groups in total. The Morgan fingerprint density at radius 3 is 1.62 bits per heavy atom. The van der Waals surface area contributed by atoms with Gasteiger partial charge in [-0.3, -0.25) is 0 Å². The molecule has 0 aliphatic rings. The Bertz CT molecular complexity index is 369. The number of rotatable bonds is 0. The Morgan fingerprint density at radius 2 is 1.31 bits per heavy atom. The van der Waals surface area contributed by atoms with Crippen LogP contribution >= 0.6 is 15.9 Å². The van der Waals surface area contributed by atoms with E-state index in [2.05, 4.69) is 15.9 Å². The van der Waals surface area contributed by atoms with Gasteiger partial charge in [0.25, 0.3) is 0 Å². The van der Waals surface area contributed by atoms with Crippen LogP contribution in [0.2, 0.25) is 0 Å². The summed E-state index contributed by atoms with van der Waals surface area (Å²) in [7, 11) is 0. The summed E-state index contributed by atoms with van der Waals surface area (Å²) in [5.41, 5.74) is 0.305. The van der Waals surface area contributed by atoms with E-state index in [4.69, 9.17) is 5.73 Å². The molecule has 0 unspecified atom stereocenters. The summed E-state index contributed by atoms with van der Waals surface area (Å²) >= 11 is 2.43. The minimum Gasteiger partial charge on any atom is -0.398 e. The van der Waals surface area contributed by atoms with Crippen molar-refractivity contribution in [3.05, 3.63) is 27.7 Å². The number of benzene rings is 1. The molecule has 0 spiro atoms. The van der Waals surface area contributed by atoms with Crippen LogP contribution < -0.4 is 5.73 Å². The van der Waals surface area contributed by atoms with Crippen molar-refractivity contribution in [2.75, 3.05) is 5.73 Å². The first-order valence-corrected chi connectivity index (χ1v) is 4.57. The van der Waals surface area contributed by atoms with Crippen LogP contribution in [0, 0.1) is 0 Å². The van der Waals surface area contributed by atoms with Gasteiger partial charge in [-0.1, -0.05) is 15.9 Å². The fraction of sp³-hybridized carbons (Fsp3) is 0.250. The van der Waals surface area contributed by atoms with Gasteiger partial charge in [-0.15, -0.1) is 0 Å². The van der Waals surface area contributed by atoms with Crippen LogP contribution in [0.15, 0.2) is 16.6 Å². The lowest BCUT2D eigenvalue weighted by atomic mass is 10.0. The van der Waals surface area contributed by atoms with E-state index in [0.717, 1.165) is 12.1 Å². The van der Waals surface area contributed by atoms with Crippen molar-refractivity contribution in [3.63, 3.8) is 0 Å². The fourth-order valence-electron chi connectivity index (χ4n) is 1.18. The molecular formula is C8H4BrF6N. The maximum Gasteiger partial charge on any atom is 0.419 e. The lowest BCUT2D eigenvalue weighted by Gasteiger charge is -2.18. The zero-order valence-electron chi connectivity index (χ0n) is 7.38. The second-order valence-electron chi connectivity index (χ2n) is 2.88. The van der Waals surface area contributed by atoms with E-state index in [1.165, 1.54) is 0 Å². The molecule has 1 rings (SSSR count). The van der Waals surface area contributed by atoms with Crippen LogP contribution in [0.5, 0.6) is 0 Å². The molecule has 0 atom stereocenters. The fourth-order valence-corrected chi connectivity index (χ4v) is 1.73. The molecule has 0 aromatic heterocycles. The number of nitrogen functional groups attached to an aromatic ring is 1. The second kappa shape index (κ2) is 3.83. The van der Waals surface area contributed by atoms with Crippen LogP contribution in [-0.4, -0.2) is 0 Å². The quantitative estimate of drug-likeness (QED) is 0.567. The Morgan fingerprint density at radius 1 is 0.875 bits per heavy atom. The number of halogens is 7. The third-order valence-corrected chi connectivity index (χ3v) is 2.41. The summed E-state index contributed by atoms with van der Waals surface area (Å²) < 4.78 is 73.9. The van der Waals surface area contributed by atoms with Crippen molar-refractivity contribution in [2.24, 2.45) is 0 Å². The molecule has 0 amide bonds. The summed E-state index contributed by atoms with van der Waals surface area (Å²) in [5, 5.41) is 0. The monoisotopic (exact) mass is 307 g/mol. The van der Waals surface area contributed by atoms with E-state index in [9.17, 15) is 26.3 Å². The van der Waals surface area contributed by atoms with Gasteiger partial charge in [0.1, 0.15) is 0 Å². The van der Waals surface area contributed by atoms with Crippen molar-refractivity contribution >= 4 is 21.6 Å². The van der Waals surface area contributed by atoms with Crippen LogP contribution in [-0.2, 0) is 12.4 Å². The van der Waals surface area contributed by atoms with Gasteiger partial charge in [-0.05, 0) is 12.1 Å². The van der Waals surface area contributed by atoms with Gasteiger partial charge in [0, 0.05) is 10.2 Å². The van der Waals surface area contributed by atoms with Crippen LogP contribution in [0.4, 0.5) is 32.0 Å². The van der Waals surface area contributed by atoms with E-state index in [1.807, 2.05) is 0 Å². The number of anilines is 1. The van der Waals surface area contributed by atoms with Gasteiger partial charge in [-0.25, -0.2) is 0 Å². The summed E-state index contributed by atoms with van der Waals surface area (Å²) in [6.45, 7) is 0. The molecule has 90 valence electrons. The predicted molar refractivity (Wildman–Crippen MR) is 48.6 cm³/mol.